The SMILES string of the molecule is CCc1ccc(NC(=S)N[C@H](CC)c2ccc(C)cc2C)cc1. The van der Waals surface area contributed by atoms with Crippen LogP contribution in [-0.2, 0) is 6.42 Å². The third kappa shape index (κ3) is 4.80. The van der Waals surface area contributed by atoms with Gasteiger partial charge in [-0.3, -0.25) is 0 Å². The first kappa shape index (κ1) is 17.5. The molecule has 0 bridgehead atoms. The molecule has 0 spiro atoms. The molecular formula is C20H26N2S. The van der Waals surface area contributed by atoms with Gasteiger partial charge in [0.25, 0.3) is 0 Å². The van der Waals surface area contributed by atoms with E-state index in [1.54, 1.807) is 0 Å². The quantitative estimate of drug-likeness (QED) is 0.729. The Morgan fingerprint density at radius 3 is 2.30 bits per heavy atom. The van der Waals surface area contributed by atoms with Crippen LogP contribution in [0, 0.1) is 13.8 Å². The fourth-order valence-electron chi connectivity index (χ4n) is 2.77. The fraction of sp³-hybridized carbons (Fsp3) is 0.350. The summed E-state index contributed by atoms with van der Waals surface area (Å²) in [6.07, 6.45) is 2.04. The van der Waals surface area contributed by atoms with Crippen molar-refractivity contribution >= 4 is 23.0 Å². The highest BCUT2D eigenvalue weighted by Crippen LogP contribution is 2.22. The summed E-state index contributed by atoms with van der Waals surface area (Å²) < 4.78 is 0. The number of nitrogens with one attached hydrogen (secondary N) is 2. The van der Waals surface area contributed by atoms with Gasteiger partial charge in [0.15, 0.2) is 5.11 Å². The summed E-state index contributed by atoms with van der Waals surface area (Å²) in [5.41, 5.74) is 6.26. The molecule has 2 N–H and O–H groups in total. The zero-order valence-corrected chi connectivity index (χ0v) is 15.3. The van der Waals surface area contributed by atoms with Gasteiger partial charge in [-0.15, -0.1) is 0 Å². The molecule has 0 saturated carbocycles. The standard InChI is InChI=1S/C20H26N2S/c1-5-16-8-10-17(11-9-16)21-20(23)22-19(6-2)18-12-7-14(3)13-15(18)4/h7-13,19H,5-6H2,1-4H3,(H2,21,22,23)/t19-/m1/s1. The number of rotatable bonds is 5. The molecule has 23 heavy (non-hydrogen) atoms. The van der Waals surface area contributed by atoms with Crippen molar-refractivity contribution in [3.63, 3.8) is 0 Å². The molecule has 0 aliphatic carbocycles. The molecule has 0 heterocycles. The summed E-state index contributed by atoms with van der Waals surface area (Å²) in [4.78, 5) is 0. The fourth-order valence-corrected chi connectivity index (χ4v) is 3.03. The smallest absolute Gasteiger partial charge is 0.171 e. The molecule has 2 aromatic carbocycles. The molecule has 2 rings (SSSR count). The molecule has 2 nitrogen and oxygen atoms in total. The molecule has 0 aromatic heterocycles. The van der Waals surface area contributed by atoms with Crippen molar-refractivity contribution in [2.75, 3.05) is 5.32 Å². The van der Waals surface area contributed by atoms with Gasteiger partial charge in [0.1, 0.15) is 0 Å². The first-order chi connectivity index (χ1) is 11.0. The molecular weight excluding hydrogens is 300 g/mol. The van der Waals surface area contributed by atoms with Crippen LogP contribution in [0.2, 0.25) is 0 Å². The predicted molar refractivity (Wildman–Crippen MR) is 104 cm³/mol. The first-order valence-electron chi connectivity index (χ1n) is 8.27. The number of anilines is 1. The van der Waals surface area contributed by atoms with Gasteiger partial charge in [-0.05, 0) is 67.7 Å². The summed E-state index contributed by atoms with van der Waals surface area (Å²) in [7, 11) is 0. The zero-order valence-electron chi connectivity index (χ0n) is 14.4. The lowest BCUT2D eigenvalue weighted by atomic mass is 9.98. The minimum Gasteiger partial charge on any atom is -0.356 e. The highest BCUT2D eigenvalue weighted by Gasteiger charge is 2.13. The Kier molecular flexibility index (Phi) is 6.17. The number of aryl methyl sites for hydroxylation is 3. The molecule has 0 amide bonds. The minimum atomic E-state index is 0.227. The second-order valence-electron chi connectivity index (χ2n) is 5.97. The highest BCUT2D eigenvalue weighted by molar-refractivity contribution is 7.80. The van der Waals surface area contributed by atoms with E-state index in [4.69, 9.17) is 12.2 Å². The summed E-state index contributed by atoms with van der Waals surface area (Å²) in [5, 5.41) is 7.39. The second kappa shape index (κ2) is 8.11. The Morgan fingerprint density at radius 2 is 1.74 bits per heavy atom. The largest absolute Gasteiger partial charge is 0.356 e. The van der Waals surface area contributed by atoms with Gasteiger partial charge >= 0.3 is 0 Å². The lowest BCUT2D eigenvalue weighted by Crippen LogP contribution is -2.32. The van der Waals surface area contributed by atoms with Gasteiger partial charge in [0.05, 0.1) is 6.04 Å². The number of hydrogen-bond acceptors (Lipinski definition) is 1. The average molecular weight is 327 g/mol. The van der Waals surface area contributed by atoms with Crippen molar-refractivity contribution in [2.24, 2.45) is 0 Å². The number of thiocarbonyl (C=S) groups is 1. The first-order valence-corrected chi connectivity index (χ1v) is 8.68. The number of benzene rings is 2. The van der Waals surface area contributed by atoms with Crippen LogP contribution in [0.1, 0.15) is 48.6 Å². The van der Waals surface area contributed by atoms with Gasteiger partial charge < -0.3 is 10.6 Å². The van der Waals surface area contributed by atoms with Crippen molar-refractivity contribution < 1.29 is 0 Å². The van der Waals surface area contributed by atoms with Crippen LogP contribution in [0.5, 0.6) is 0 Å². The van der Waals surface area contributed by atoms with Gasteiger partial charge in [-0.1, -0.05) is 49.7 Å². The molecule has 0 saturated heterocycles. The second-order valence-corrected chi connectivity index (χ2v) is 6.38. The van der Waals surface area contributed by atoms with E-state index < -0.39 is 0 Å². The molecule has 0 fully saturated rings. The van der Waals surface area contributed by atoms with Crippen molar-refractivity contribution in [1.82, 2.24) is 5.32 Å². The maximum Gasteiger partial charge on any atom is 0.171 e. The maximum absolute atomic E-state index is 5.49. The molecule has 1 atom stereocenters. The highest BCUT2D eigenvalue weighted by atomic mass is 32.1. The molecule has 0 unspecified atom stereocenters. The van der Waals surface area contributed by atoms with Crippen molar-refractivity contribution in [1.29, 1.82) is 0 Å². The predicted octanol–water partition coefficient (Wildman–Crippen LogP) is 5.30. The average Bonchev–Trinajstić information content (AvgIpc) is 2.54. The number of hydrogen-bond donors (Lipinski definition) is 2. The van der Waals surface area contributed by atoms with Crippen molar-refractivity contribution in [3.05, 3.63) is 64.7 Å². The third-order valence-corrected chi connectivity index (χ3v) is 4.35. The molecule has 2 aromatic rings. The van der Waals surface area contributed by atoms with Crippen LogP contribution < -0.4 is 10.6 Å². The van der Waals surface area contributed by atoms with E-state index in [1.807, 2.05) is 0 Å². The van der Waals surface area contributed by atoms with Crippen LogP contribution in [-0.4, -0.2) is 5.11 Å². The Bertz CT molecular complexity index is 662. The van der Waals surface area contributed by atoms with Gasteiger partial charge in [0.2, 0.25) is 0 Å². The summed E-state index contributed by atoms with van der Waals surface area (Å²) in [6, 6.07) is 15.2. The van der Waals surface area contributed by atoms with E-state index in [-0.39, 0.29) is 6.04 Å². The Labute approximate surface area is 145 Å². The monoisotopic (exact) mass is 326 g/mol. The molecule has 3 heteroatoms. The van der Waals surface area contributed by atoms with Crippen molar-refractivity contribution in [3.8, 4) is 0 Å². The van der Waals surface area contributed by atoms with E-state index in [0.717, 1.165) is 18.5 Å². The maximum atomic E-state index is 5.49. The molecule has 122 valence electrons. The lowest BCUT2D eigenvalue weighted by molar-refractivity contribution is 0.625. The molecule has 0 radical (unpaired) electrons. The molecule has 0 aliphatic heterocycles. The van der Waals surface area contributed by atoms with Crippen LogP contribution >= 0.6 is 12.2 Å². The van der Waals surface area contributed by atoms with E-state index in [0.29, 0.717) is 5.11 Å². The van der Waals surface area contributed by atoms with Crippen LogP contribution in [0.3, 0.4) is 0 Å². The Morgan fingerprint density at radius 1 is 1.04 bits per heavy atom. The normalized spacial score (nSPS) is 11.8. The van der Waals surface area contributed by atoms with Gasteiger partial charge in [0, 0.05) is 5.69 Å². The zero-order chi connectivity index (χ0) is 16.8. The van der Waals surface area contributed by atoms with E-state index >= 15 is 0 Å². The summed E-state index contributed by atoms with van der Waals surface area (Å²) in [6.45, 7) is 8.62. The Balaban J connectivity index is 2.04. The van der Waals surface area contributed by atoms with Crippen molar-refractivity contribution in [2.45, 2.75) is 46.6 Å². The summed E-state index contributed by atoms with van der Waals surface area (Å²) in [5.74, 6) is 0. The topological polar surface area (TPSA) is 24.1 Å². The van der Waals surface area contributed by atoms with Gasteiger partial charge in [-0.25, -0.2) is 0 Å². The molecule has 0 aliphatic rings. The van der Waals surface area contributed by atoms with Crippen LogP contribution in [0.15, 0.2) is 42.5 Å². The third-order valence-electron chi connectivity index (χ3n) is 4.13. The van der Waals surface area contributed by atoms with E-state index in [1.165, 1.54) is 22.3 Å². The van der Waals surface area contributed by atoms with Crippen LogP contribution in [0.4, 0.5) is 5.69 Å². The Hall–Kier alpha value is -1.87. The van der Waals surface area contributed by atoms with Crippen LogP contribution in [0.25, 0.3) is 0 Å². The van der Waals surface area contributed by atoms with E-state index in [9.17, 15) is 0 Å². The summed E-state index contributed by atoms with van der Waals surface area (Å²) >= 11 is 5.49. The van der Waals surface area contributed by atoms with Gasteiger partial charge in [-0.2, -0.15) is 0 Å². The minimum absolute atomic E-state index is 0.227. The van der Waals surface area contributed by atoms with E-state index in [2.05, 4.69) is 80.8 Å². The lowest BCUT2D eigenvalue weighted by Gasteiger charge is -2.22.